The molecule has 0 saturated carbocycles. The Balaban J connectivity index is 1.40. The molecule has 1 fully saturated rings. The summed E-state index contributed by atoms with van der Waals surface area (Å²) in [6.07, 6.45) is -5.71. The Labute approximate surface area is 227 Å². The summed E-state index contributed by atoms with van der Waals surface area (Å²) >= 11 is 0. The van der Waals surface area contributed by atoms with Crippen LogP contribution in [0.2, 0.25) is 0 Å². The van der Waals surface area contributed by atoms with Gasteiger partial charge in [0.25, 0.3) is 11.8 Å². The van der Waals surface area contributed by atoms with Gasteiger partial charge in [0, 0.05) is 19.6 Å². The second kappa shape index (κ2) is 15.5. The van der Waals surface area contributed by atoms with Crippen LogP contribution in [0.3, 0.4) is 0 Å². The quantitative estimate of drug-likeness (QED) is 0.167. The van der Waals surface area contributed by atoms with E-state index in [-0.39, 0.29) is 44.6 Å². The number of carbonyl (C=O) groups excluding carboxylic acids is 2. The minimum absolute atomic E-state index is 0.0717. The third-order valence-corrected chi connectivity index (χ3v) is 6.01. The SMILES string of the molecule is C[C@@H]1O[C@@H](OCCOCCNC(=O)COc2ccc(-c3ccccc3)cc2C(=O)NCCN)[C@H](O)[C@H](O)[C@H]1O. The zero-order valence-corrected chi connectivity index (χ0v) is 21.8. The Kier molecular flexibility index (Phi) is 12.1. The molecule has 2 aromatic rings. The van der Waals surface area contributed by atoms with Gasteiger partial charge in [-0.2, -0.15) is 0 Å². The van der Waals surface area contributed by atoms with Crippen LogP contribution in [0.1, 0.15) is 17.3 Å². The molecular formula is C27H37N3O9. The lowest BCUT2D eigenvalue weighted by Crippen LogP contribution is -2.57. The molecule has 0 bridgehead atoms. The summed E-state index contributed by atoms with van der Waals surface area (Å²) in [5.41, 5.74) is 7.57. The van der Waals surface area contributed by atoms with Gasteiger partial charge in [0.15, 0.2) is 12.9 Å². The van der Waals surface area contributed by atoms with Crippen molar-refractivity contribution in [2.45, 2.75) is 37.6 Å². The number of nitrogens with two attached hydrogens (primary N) is 1. The molecule has 214 valence electrons. The van der Waals surface area contributed by atoms with E-state index in [9.17, 15) is 24.9 Å². The van der Waals surface area contributed by atoms with Crippen LogP contribution >= 0.6 is 0 Å². The van der Waals surface area contributed by atoms with Crippen LogP contribution in [0.4, 0.5) is 0 Å². The average Bonchev–Trinajstić information content (AvgIpc) is 2.96. The van der Waals surface area contributed by atoms with Crippen molar-refractivity contribution in [3.8, 4) is 16.9 Å². The van der Waals surface area contributed by atoms with Crippen molar-refractivity contribution >= 4 is 11.8 Å². The Morgan fingerprint density at radius 3 is 2.44 bits per heavy atom. The van der Waals surface area contributed by atoms with Crippen LogP contribution < -0.4 is 21.1 Å². The first-order valence-electron chi connectivity index (χ1n) is 12.8. The van der Waals surface area contributed by atoms with E-state index >= 15 is 0 Å². The fourth-order valence-electron chi connectivity index (χ4n) is 3.86. The lowest BCUT2D eigenvalue weighted by Gasteiger charge is -2.38. The molecule has 0 spiro atoms. The van der Waals surface area contributed by atoms with Gasteiger partial charge in [0.1, 0.15) is 24.1 Å². The molecule has 0 aromatic heterocycles. The maximum Gasteiger partial charge on any atom is 0.258 e. The number of hydrogen-bond acceptors (Lipinski definition) is 10. The summed E-state index contributed by atoms with van der Waals surface area (Å²) < 4.78 is 21.8. The predicted octanol–water partition coefficient (Wildman–Crippen LogP) is -0.602. The molecule has 12 heteroatoms. The monoisotopic (exact) mass is 547 g/mol. The fourth-order valence-corrected chi connectivity index (χ4v) is 3.86. The number of carbonyl (C=O) groups is 2. The number of rotatable bonds is 14. The fraction of sp³-hybridized carbons (Fsp3) is 0.481. The number of aliphatic hydroxyl groups excluding tert-OH is 3. The van der Waals surface area contributed by atoms with E-state index in [1.54, 1.807) is 19.1 Å². The van der Waals surface area contributed by atoms with Crippen LogP contribution in [0.25, 0.3) is 11.1 Å². The lowest BCUT2D eigenvalue weighted by atomic mass is 10.0. The average molecular weight is 548 g/mol. The van der Waals surface area contributed by atoms with E-state index < -0.39 is 36.6 Å². The molecule has 1 aliphatic heterocycles. The van der Waals surface area contributed by atoms with E-state index in [1.165, 1.54) is 0 Å². The van der Waals surface area contributed by atoms with Crippen molar-refractivity contribution in [3.63, 3.8) is 0 Å². The van der Waals surface area contributed by atoms with Gasteiger partial charge < -0.3 is 50.6 Å². The molecule has 5 atom stereocenters. The third kappa shape index (κ3) is 8.97. The highest BCUT2D eigenvalue weighted by atomic mass is 16.7. The minimum atomic E-state index is -1.38. The van der Waals surface area contributed by atoms with Crippen molar-refractivity contribution in [1.29, 1.82) is 0 Å². The Hall–Kier alpha value is -3.10. The number of amides is 2. The van der Waals surface area contributed by atoms with Crippen molar-refractivity contribution in [3.05, 3.63) is 54.1 Å². The largest absolute Gasteiger partial charge is 0.483 e. The van der Waals surface area contributed by atoms with Gasteiger partial charge in [-0.15, -0.1) is 0 Å². The second-order valence-electron chi connectivity index (χ2n) is 8.92. The zero-order valence-electron chi connectivity index (χ0n) is 21.8. The van der Waals surface area contributed by atoms with Gasteiger partial charge in [0.05, 0.1) is 31.5 Å². The molecule has 0 radical (unpaired) electrons. The predicted molar refractivity (Wildman–Crippen MR) is 141 cm³/mol. The second-order valence-corrected chi connectivity index (χ2v) is 8.92. The van der Waals surface area contributed by atoms with Crippen molar-refractivity contribution in [2.24, 2.45) is 5.73 Å². The number of hydrogen-bond donors (Lipinski definition) is 6. The molecule has 0 aliphatic carbocycles. The van der Waals surface area contributed by atoms with Gasteiger partial charge in [0.2, 0.25) is 0 Å². The van der Waals surface area contributed by atoms with E-state index in [0.29, 0.717) is 18.7 Å². The molecule has 1 aliphatic rings. The summed E-state index contributed by atoms with van der Waals surface area (Å²) in [5, 5.41) is 34.8. The van der Waals surface area contributed by atoms with Gasteiger partial charge in [-0.25, -0.2) is 0 Å². The topological polar surface area (TPSA) is 182 Å². The number of aliphatic hydroxyl groups is 3. The van der Waals surface area contributed by atoms with Gasteiger partial charge >= 0.3 is 0 Å². The zero-order chi connectivity index (χ0) is 28.2. The minimum Gasteiger partial charge on any atom is -0.483 e. The summed E-state index contributed by atoms with van der Waals surface area (Å²) in [6.45, 7) is 2.49. The van der Waals surface area contributed by atoms with Crippen molar-refractivity contribution < 1.29 is 43.9 Å². The molecule has 7 N–H and O–H groups in total. The van der Waals surface area contributed by atoms with Gasteiger partial charge in [-0.3, -0.25) is 9.59 Å². The Bertz CT molecular complexity index is 1060. The maximum atomic E-state index is 12.7. The highest BCUT2D eigenvalue weighted by molar-refractivity contribution is 5.98. The molecule has 12 nitrogen and oxygen atoms in total. The molecular weight excluding hydrogens is 510 g/mol. The number of benzene rings is 2. The molecule has 0 unspecified atom stereocenters. The van der Waals surface area contributed by atoms with Crippen LogP contribution in [-0.2, 0) is 19.0 Å². The lowest BCUT2D eigenvalue weighted by molar-refractivity contribution is -0.294. The first-order valence-corrected chi connectivity index (χ1v) is 12.8. The Morgan fingerprint density at radius 1 is 0.923 bits per heavy atom. The molecule has 2 aromatic carbocycles. The first-order chi connectivity index (χ1) is 18.8. The Morgan fingerprint density at radius 2 is 1.69 bits per heavy atom. The van der Waals surface area contributed by atoms with Crippen LogP contribution in [0.5, 0.6) is 5.75 Å². The van der Waals surface area contributed by atoms with Crippen molar-refractivity contribution in [1.82, 2.24) is 10.6 Å². The third-order valence-electron chi connectivity index (χ3n) is 6.01. The van der Waals surface area contributed by atoms with E-state index in [2.05, 4.69) is 10.6 Å². The molecule has 39 heavy (non-hydrogen) atoms. The molecule has 3 rings (SSSR count). The van der Waals surface area contributed by atoms with Gasteiger partial charge in [-0.1, -0.05) is 36.4 Å². The van der Waals surface area contributed by atoms with Crippen LogP contribution in [0.15, 0.2) is 48.5 Å². The summed E-state index contributed by atoms with van der Waals surface area (Å²) in [7, 11) is 0. The molecule has 1 heterocycles. The maximum absolute atomic E-state index is 12.7. The number of ether oxygens (including phenoxy) is 4. The number of nitrogens with one attached hydrogen (secondary N) is 2. The summed E-state index contributed by atoms with van der Waals surface area (Å²) in [5.74, 6) is -0.474. The summed E-state index contributed by atoms with van der Waals surface area (Å²) in [6, 6.07) is 14.8. The summed E-state index contributed by atoms with van der Waals surface area (Å²) in [4.78, 5) is 25.0. The molecule has 2 amide bonds. The van der Waals surface area contributed by atoms with E-state index in [1.807, 2.05) is 36.4 Å². The highest BCUT2D eigenvalue weighted by Gasteiger charge is 2.42. The smallest absolute Gasteiger partial charge is 0.258 e. The molecule has 1 saturated heterocycles. The van der Waals surface area contributed by atoms with Gasteiger partial charge in [-0.05, 0) is 30.2 Å². The first kappa shape index (κ1) is 30.4. The van der Waals surface area contributed by atoms with E-state index in [0.717, 1.165) is 11.1 Å². The normalized spacial score (nSPS) is 22.7. The van der Waals surface area contributed by atoms with Crippen LogP contribution in [-0.4, -0.2) is 104 Å². The van der Waals surface area contributed by atoms with E-state index in [4.69, 9.17) is 24.7 Å². The standard InChI is InChI=1S/C27H37N3O9/c1-17-23(32)24(33)25(34)27(39-17)37-14-13-36-12-11-29-22(31)16-38-21-8-7-19(18-5-3-2-4-6-18)15-20(21)26(35)30-10-9-28/h2-8,15,17,23-25,27,32-34H,9-14,16,28H2,1H3,(H,29,31)(H,30,35)/t17-,23-,24+,25+,27+/m0/s1. The van der Waals surface area contributed by atoms with Crippen molar-refractivity contribution in [2.75, 3.05) is 46.1 Å². The highest BCUT2D eigenvalue weighted by Crippen LogP contribution is 2.27. The van der Waals surface area contributed by atoms with Crippen LogP contribution in [0, 0.1) is 0 Å².